The zero-order valence-corrected chi connectivity index (χ0v) is 17.8. The fourth-order valence-electron chi connectivity index (χ4n) is 3.13. The van der Waals surface area contributed by atoms with Gasteiger partial charge in [0, 0.05) is 26.2 Å². The first-order chi connectivity index (χ1) is 14.2. The molecule has 0 bridgehead atoms. The van der Waals surface area contributed by atoms with E-state index < -0.39 is 5.97 Å². The van der Waals surface area contributed by atoms with Crippen molar-refractivity contribution in [1.29, 1.82) is 0 Å². The van der Waals surface area contributed by atoms with Gasteiger partial charge in [-0.3, -0.25) is 4.90 Å². The van der Waals surface area contributed by atoms with E-state index in [0.717, 1.165) is 59.5 Å². The normalized spacial score (nSPS) is 14.3. The molecule has 1 fully saturated rings. The van der Waals surface area contributed by atoms with Crippen LogP contribution in [-0.4, -0.2) is 60.4 Å². The number of carboxylic acid groups (broad SMARTS) is 1. The molecule has 0 aliphatic carbocycles. The number of nitrogens with zero attached hydrogens (tertiary/aromatic N) is 2. The van der Waals surface area contributed by atoms with E-state index in [9.17, 15) is 4.79 Å². The van der Waals surface area contributed by atoms with E-state index in [4.69, 9.17) is 14.6 Å². The molecule has 2 aromatic carbocycles. The number of carboxylic acids is 1. The maximum absolute atomic E-state index is 10.9. The van der Waals surface area contributed by atoms with Crippen molar-refractivity contribution in [2.45, 2.75) is 6.54 Å². The summed E-state index contributed by atoms with van der Waals surface area (Å²) in [5.74, 6) is -0.0659. The van der Waals surface area contributed by atoms with E-state index >= 15 is 0 Å². The van der Waals surface area contributed by atoms with E-state index in [2.05, 4.69) is 15.2 Å². The summed E-state index contributed by atoms with van der Waals surface area (Å²) in [5.41, 5.74) is 2.22. The molecule has 9 heteroatoms. The molecule has 1 saturated heterocycles. The largest absolute Gasteiger partial charge is 1.00 e. The topological polar surface area (TPSA) is 83.9 Å². The van der Waals surface area contributed by atoms with Crippen LogP contribution in [0.25, 0.3) is 10.2 Å². The van der Waals surface area contributed by atoms with Crippen molar-refractivity contribution in [3.63, 3.8) is 0 Å². The molecule has 2 N–H and O–H groups in total. The third kappa shape index (κ3) is 5.97. The summed E-state index contributed by atoms with van der Waals surface area (Å²) in [5, 5.41) is 13.1. The Labute approximate surface area is 192 Å². The van der Waals surface area contributed by atoms with Crippen LogP contribution in [-0.2, 0) is 11.3 Å². The molecule has 1 aliphatic heterocycles. The average Bonchev–Trinajstić information content (AvgIpc) is 3.15. The Morgan fingerprint density at radius 2 is 2.00 bits per heavy atom. The monoisotopic (exact) mass is 421 g/mol. The van der Waals surface area contributed by atoms with Crippen molar-refractivity contribution in [3.8, 4) is 5.75 Å². The molecule has 1 aliphatic rings. The molecule has 0 atom stereocenters. The number of aromatic carboxylic acids is 1. The van der Waals surface area contributed by atoms with Gasteiger partial charge < -0.3 is 21.3 Å². The summed E-state index contributed by atoms with van der Waals surface area (Å²) in [6.45, 7) is 5.66. The Hall–Kier alpha value is -2.08. The van der Waals surface area contributed by atoms with Crippen molar-refractivity contribution in [3.05, 3.63) is 53.6 Å². The molecular formula is C21H24LiN3O4S. The smallest absolute Gasteiger partial charge is 1.00 e. The van der Waals surface area contributed by atoms with Crippen LogP contribution >= 0.6 is 11.3 Å². The Morgan fingerprint density at radius 1 is 1.23 bits per heavy atom. The van der Waals surface area contributed by atoms with Gasteiger partial charge in [0.1, 0.15) is 12.4 Å². The Bertz CT molecular complexity index is 980. The second-order valence-electron chi connectivity index (χ2n) is 6.81. The first kappa shape index (κ1) is 22.6. The van der Waals surface area contributed by atoms with E-state index in [0.29, 0.717) is 13.2 Å². The minimum atomic E-state index is -0.918. The standard InChI is InChI=1S/C21H23N3O4S.Li.H/c25-20(26)16-3-1-15(2-4-16)14-22-21-23-18-6-5-17(13-19(18)29-21)28-12-9-24-7-10-27-11-8-24;;/h1-6,13H,7-12,14H2,(H,22,23)(H,25,26);;/q;+1;-1. The molecule has 30 heavy (non-hydrogen) atoms. The van der Waals surface area contributed by atoms with Crippen molar-refractivity contribution in [1.82, 2.24) is 9.88 Å². The molecule has 0 saturated carbocycles. The zero-order valence-electron chi connectivity index (χ0n) is 18.0. The summed E-state index contributed by atoms with van der Waals surface area (Å²) >= 11 is 1.58. The number of morpholine rings is 1. The number of rotatable bonds is 8. The molecule has 1 aromatic heterocycles. The minimum Gasteiger partial charge on any atom is -1.00 e. The fraction of sp³-hybridized carbons (Fsp3) is 0.333. The van der Waals surface area contributed by atoms with Crippen LogP contribution in [0.15, 0.2) is 42.5 Å². The number of carbonyl (C=O) groups is 1. The summed E-state index contributed by atoms with van der Waals surface area (Å²) < 4.78 is 12.3. The van der Waals surface area contributed by atoms with Crippen molar-refractivity contribution >= 4 is 32.7 Å². The van der Waals surface area contributed by atoms with E-state index in [1.165, 1.54) is 0 Å². The molecule has 154 valence electrons. The summed E-state index contributed by atoms with van der Waals surface area (Å²) in [4.78, 5) is 17.9. The maximum atomic E-state index is 10.9. The number of hydrogen-bond acceptors (Lipinski definition) is 7. The van der Waals surface area contributed by atoms with E-state index in [1.807, 2.05) is 30.3 Å². The van der Waals surface area contributed by atoms with Gasteiger partial charge >= 0.3 is 24.8 Å². The van der Waals surface area contributed by atoms with Gasteiger partial charge in [-0.2, -0.15) is 0 Å². The van der Waals surface area contributed by atoms with Crippen molar-refractivity contribution in [2.24, 2.45) is 0 Å². The number of thiazole rings is 1. The Kier molecular flexibility index (Phi) is 8.14. The predicted octanol–water partition coefficient (Wildman–Crippen LogP) is 0.434. The van der Waals surface area contributed by atoms with Crippen LogP contribution in [0.5, 0.6) is 5.75 Å². The molecule has 3 aromatic rings. The van der Waals surface area contributed by atoms with Crippen LogP contribution < -0.4 is 28.9 Å². The molecule has 0 spiro atoms. The molecule has 4 rings (SSSR count). The number of fused-ring (bicyclic) bond motifs is 1. The van der Waals surface area contributed by atoms with Gasteiger partial charge in [0.05, 0.1) is 29.0 Å². The van der Waals surface area contributed by atoms with Gasteiger partial charge in [-0.25, -0.2) is 9.78 Å². The first-order valence-electron chi connectivity index (χ1n) is 9.57. The van der Waals surface area contributed by atoms with Crippen LogP contribution in [0, 0.1) is 0 Å². The van der Waals surface area contributed by atoms with Crippen LogP contribution in [0.3, 0.4) is 0 Å². The zero-order chi connectivity index (χ0) is 20.1. The Balaban J connectivity index is 0.00000171. The molecule has 7 nitrogen and oxygen atoms in total. The van der Waals surface area contributed by atoms with Crippen LogP contribution in [0.1, 0.15) is 17.3 Å². The van der Waals surface area contributed by atoms with Gasteiger partial charge in [0.25, 0.3) is 0 Å². The summed E-state index contributed by atoms with van der Waals surface area (Å²) in [6, 6.07) is 12.8. The van der Waals surface area contributed by atoms with Gasteiger partial charge in [0.15, 0.2) is 5.13 Å². The third-order valence-corrected chi connectivity index (χ3v) is 5.76. The van der Waals surface area contributed by atoms with E-state index in [-0.39, 0.29) is 25.9 Å². The van der Waals surface area contributed by atoms with Crippen molar-refractivity contribution in [2.75, 3.05) is 44.8 Å². The number of benzene rings is 2. The van der Waals surface area contributed by atoms with E-state index in [1.54, 1.807) is 23.5 Å². The van der Waals surface area contributed by atoms with Gasteiger partial charge in [0.2, 0.25) is 0 Å². The Morgan fingerprint density at radius 3 is 2.73 bits per heavy atom. The second-order valence-corrected chi connectivity index (χ2v) is 7.84. The number of anilines is 1. The van der Waals surface area contributed by atoms with Gasteiger partial charge in [-0.05, 0) is 35.9 Å². The third-order valence-electron chi connectivity index (χ3n) is 4.78. The van der Waals surface area contributed by atoms with Crippen molar-refractivity contribution < 1.29 is 39.7 Å². The molecular weight excluding hydrogens is 397 g/mol. The maximum Gasteiger partial charge on any atom is 1.00 e. The van der Waals surface area contributed by atoms with Gasteiger partial charge in [-0.1, -0.05) is 23.5 Å². The first-order valence-corrected chi connectivity index (χ1v) is 10.4. The van der Waals surface area contributed by atoms with Gasteiger partial charge in [-0.15, -0.1) is 0 Å². The molecule has 0 unspecified atom stereocenters. The predicted molar refractivity (Wildman–Crippen MR) is 114 cm³/mol. The van der Waals surface area contributed by atoms with Crippen LogP contribution in [0.4, 0.5) is 5.13 Å². The summed E-state index contributed by atoms with van der Waals surface area (Å²) in [7, 11) is 0. The second kappa shape index (κ2) is 10.8. The molecule has 0 radical (unpaired) electrons. The van der Waals surface area contributed by atoms with Crippen LogP contribution in [0.2, 0.25) is 0 Å². The number of aromatic nitrogens is 1. The number of hydrogen-bond donors (Lipinski definition) is 2. The molecule has 0 amide bonds. The quantitative estimate of drug-likeness (QED) is 0.511. The number of nitrogens with one attached hydrogen (secondary N) is 1. The SMILES string of the molecule is O=C(O)c1ccc(CNc2nc3ccc(OCCN4CCOCC4)cc3s2)cc1.[H-].[Li+]. The average molecular weight is 421 g/mol. The summed E-state index contributed by atoms with van der Waals surface area (Å²) in [6.07, 6.45) is 0. The molecule has 2 heterocycles. The fourth-order valence-corrected chi connectivity index (χ4v) is 4.02. The number of ether oxygens (including phenoxy) is 2. The minimum absolute atomic E-state index is 0.